The number of aromatic nitrogens is 5. The lowest BCUT2D eigenvalue weighted by atomic mass is 10.1. The van der Waals surface area contributed by atoms with Crippen molar-refractivity contribution in [3.05, 3.63) is 79.1 Å². The normalized spacial score (nSPS) is 10.7. The van der Waals surface area contributed by atoms with Crippen LogP contribution in [0.15, 0.2) is 79.1 Å². The van der Waals surface area contributed by atoms with Crippen molar-refractivity contribution in [3.63, 3.8) is 0 Å². The van der Waals surface area contributed by atoms with Gasteiger partial charge < -0.3 is 20.1 Å². The summed E-state index contributed by atoms with van der Waals surface area (Å²) < 4.78 is 12.4. The van der Waals surface area contributed by atoms with E-state index in [1.807, 2.05) is 42.5 Å². The van der Waals surface area contributed by atoms with Gasteiger partial charge in [-0.25, -0.2) is 4.79 Å². The molecule has 35 heavy (non-hydrogen) atoms. The fraction of sp³-hybridized carbons (Fsp3) is 0.0800. The average Bonchev–Trinajstić information content (AvgIpc) is 3.33. The van der Waals surface area contributed by atoms with Gasteiger partial charge in [-0.1, -0.05) is 18.2 Å². The van der Waals surface area contributed by atoms with Crippen LogP contribution in [-0.2, 0) is 0 Å². The van der Waals surface area contributed by atoms with Crippen LogP contribution in [0.25, 0.3) is 28.3 Å². The second kappa shape index (κ2) is 9.48. The van der Waals surface area contributed by atoms with Gasteiger partial charge in [0.1, 0.15) is 17.2 Å². The zero-order valence-electron chi connectivity index (χ0n) is 19.0. The van der Waals surface area contributed by atoms with Gasteiger partial charge in [0, 0.05) is 29.2 Å². The van der Waals surface area contributed by atoms with Crippen LogP contribution in [0, 0.1) is 0 Å². The Labute approximate surface area is 200 Å². The molecular formula is C25H21N7O3. The fourth-order valence-corrected chi connectivity index (χ4v) is 3.62. The number of ether oxygens (including phenoxy) is 2. The summed E-state index contributed by atoms with van der Waals surface area (Å²) in [6.45, 7) is 0. The Bertz CT molecular complexity index is 1480. The molecule has 5 aromatic rings. The van der Waals surface area contributed by atoms with Crippen LogP contribution in [0.4, 0.5) is 16.2 Å². The quantitative estimate of drug-likeness (QED) is 0.377. The molecule has 3 heterocycles. The number of hydrogen-bond acceptors (Lipinski definition) is 7. The maximum atomic E-state index is 12.7. The number of nitrogens with one attached hydrogen (secondary N) is 2. The molecule has 0 atom stereocenters. The van der Waals surface area contributed by atoms with Crippen molar-refractivity contribution in [1.29, 1.82) is 0 Å². The van der Waals surface area contributed by atoms with E-state index in [0.29, 0.717) is 40.0 Å². The first-order valence-electron chi connectivity index (χ1n) is 10.7. The largest absolute Gasteiger partial charge is 0.494 e. The lowest BCUT2D eigenvalue weighted by Crippen LogP contribution is -2.20. The third-order valence-electron chi connectivity index (χ3n) is 5.27. The molecule has 3 aromatic heterocycles. The Morgan fingerprint density at radius 2 is 1.63 bits per heavy atom. The molecule has 5 rings (SSSR count). The highest BCUT2D eigenvalue weighted by Crippen LogP contribution is 2.34. The number of para-hydroxylation sites is 1. The summed E-state index contributed by atoms with van der Waals surface area (Å²) in [5, 5.41) is 18.8. The van der Waals surface area contributed by atoms with Crippen molar-refractivity contribution in [2.75, 3.05) is 24.9 Å². The summed E-state index contributed by atoms with van der Waals surface area (Å²) >= 11 is 0. The number of amides is 2. The molecule has 0 unspecified atom stereocenters. The maximum absolute atomic E-state index is 12.7. The molecule has 0 fully saturated rings. The van der Waals surface area contributed by atoms with Crippen LogP contribution in [0.5, 0.6) is 11.5 Å². The minimum atomic E-state index is -0.439. The maximum Gasteiger partial charge on any atom is 0.323 e. The zero-order valence-corrected chi connectivity index (χ0v) is 19.0. The van der Waals surface area contributed by atoms with E-state index < -0.39 is 6.03 Å². The van der Waals surface area contributed by atoms with E-state index in [4.69, 9.17) is 14.6 Å². The summed E-state index contributed by atoms with van der Waals surface area (Å²) in [4.78, 5) is 16.9. The summed E-state index contributed by atoms with van der Waals surface area (Å²) in [6.07, 6.45) is 3.41. The van der Waals surface area contributed by atoms with Gasteiger partial charge in [0.15, 0.2) is 11.5 Å². The van der Waals surface area contributed by atoms with Crippen molar-refractivity contribution < 1.29 is 14.3 Å². The Balaban J connectivity index is 1.40. The molecule has 2 amide bonds. The number of nitrogens with zero attached hydrogens (tertiary/aromatic N) is 5. The molecule has 2 N–H and O–H groups in total. The molecule has 0 aliphatic heterocycles. The van der Waals surface area contributed by atoms with Crippen molar-refractivity contribution in [1.82, 2.24) is 24.8 Å². The van der Waals surface area contributed by atoms with Gasteiger partial charge in [-0.3, -0.25) is 4.98 Å². The molecule has 2 aromatic carbocycles. The number of benzene rings is 2. The van der Waals surface area contributed by atoms with Gasteiger partial charge in [0.2, 0.25) is 0 Å². The summed E-state index contributed by atoms with van der Waals surface area (Å²) in [7, 11) is 3.06. The molecule has 0 radical (unpaired) electrons. The molecule has 0 aliphatic rings. The summed E-state index contributed by atoms with van der Waals surface area (Å²) in [6, 6.07) is 19.6. The fourth-order valence-electron chi connectivity index (χ4n) is 3.62. The average molecular weight is 467 g/mol. The molecule has 174 valence electrons. The minimum Gasteiger partial charge on any atom is -0.494 e. The van der Waals surface area contributed by atoms with E-state index in [0.717, 1.165) is 11.1 Å². The number of urea groups is 1. The standard InChI is InChI=1S/C25H21N7O3/c1-34-20-9-4-10-21(35-2)23(20)28-25(33)27-18-8-3-6-16(14-18)19-11-12-22-29-30-24(32(22)31-19)17-7-5-13-26-15-17/h3-15H,1-2H3,(H2,27,28,33). The van der Waals surface area contributed by atoms with E-state index in [1.165, 1.54) is 14.2 Å². The molecule has 0 aliphatic carbocycles. The van der Waals surface area contributed by atoms with Gasteiger partial charge in [-0.15, -0.1) is 10.2 Å². The lowest BCUT2D eigenvalue weighted by molar-refractivity contribution is 0.262. The highest BCUT2D eigenvalue weighted by Gasteiger charge is 2.14. The van der Waals surface area contributed by atoms with Gasteiger partial charge >= 0.3 is 6.03 Å². The van der Waals surface area contributed by atoms with E-state index in [9.17, 15) is 4.79 Å². The first-order chi connectivity index (χ1) is 17.2. The molecule has 10 heteroatoms. The van der Waals surface area contributed by atoms with Crippen LogP contribution >= 0.6 is 0 Å². The van der Waals surface area contributed by atoms with E-state index in [2.05, 4.69) is 25.8 Å². The number of methoxy groups -OCH3 is 2. The molecule has 10 nitrogen and oxygen atoms in total. The minimum absolute atomic E-state index is 0.439. The van der Waals surface area contributed by atoms with Crippen LogP contribution in [-0.4, -0.2) is 45.0 Å². The molecule has 0 bridgehead atoms. The highest BCUT2D eigenvalue weighted by atomic mass is 16.5. The topological polar surface area (TPSA) is 116 Å². The van der Waals surface area contributed by atoms with E-state index in [1.54, 1.807) is 41.2 Å². The predicted molar refractivity (Wildman–Crippen MR) is 132 cm³/mol. The number of anilines is 2. The third kappa shape index (κ3) is 4.44. The molecule has 0 saturated heterocycles. The first-order valence-corrected chi connectivity index (χ1v) is 10.7. The smallest absolute Gasteiger partial charge is 0.323 e. The highest BCUT2D eigenvalue weighted by molar-refractivity contribution is 6.02. The lowest BCUT2D eigenvalue weighted by Gasteiger charge is -2.14. The van der Waals surface area contributed by atoms with Crippen molar-refractivity contribution in [2.24, 2.45) is 0 Å². The molecule has 0 spiro atoms. The van der Waals surface area contributed by atoms with Gasteiger partial charge in [0.05, 0.1) is 19.9 Å². The number of carbonyl (C=O) groups is 1. The zero-order chi connectivity index (χ0) is 24.2. The van der Waals surface area contributed by atoms with Crippen LogP contribution in [0.3, 0.4) is 0 Å². The number of carbonyl (C=O) groups excluding carboxylic acids is 1. The van der Waals surface area contributed by atoms with Crippen molar-refractivity contribution >= 4 is 23.1 Å². The van der Waals surface area contributed by atoms with E-state index in [-0.39, 0.29) is 0 Å². The second-order valence-corrected chi connectivity index (χ2v) is 7.45. The van der Waals surface area contributed by atoms with Crippen LogP contribution in [0.2, 0.25) is 0 Å². The van der Waals surface area contributed by atoms with Gasteiger partial charge in [0.25, 0.3) is 0 Å². The van der Waals surface area contributed by atoms with Crippen molar-refractivity contribution in [2.45, 2.75) is 0 Å². The van der Waals surface area contributed by atoms with Crippen molar-refractivity contribution in [3.8, 4) is 34.1 Å². The predicted octanol–water partition coefficient (Wildman–Crippen LogP) is 4.51. The Kier molecular flexibility index (Phi) is 5.91. The van der Waals surface area contributed by atoms with Gasteiger partial charge in [-0.2, -0.15) is 9.61 Å². The Morgan fingerprint density at radius 3 is 2.37 bits per heavy atom. The van der Waals surface area contributed by atoms with Crippen LogP contribution in [0.1, 0.15) is 0 Å². The van der Waals surface area contributed by atoms with Gasteiger partial charge in [-0.05, 0) is 48.5 Å². The number of rotatable bonds is 6. The summed E-state index contributed by atoms with van der Waals surface area (Å²) in [5.74, 6) is 1.57. The second-order valence-electron chi connectivity index (χ2n) is 7.45. The molecule has 0 saturated carbocycles. The third-order valence-corrected chi connectivity index (χ3v) is 5.27. The monoisotopic (exact) mass is 467 g/mol. The summed E-state index contributed by atoms with van der Waals surface area (Å²) in [5.41, 5.74) is 3.96. The Morgan fingerprint density at radius 1 is 0.857 bits per heavy atom. The Hall–Kier alpha value is -4.99. The molecular weight excluding hydrogens is 446 g/mol. The SMILES string of the molecule is COc1cccc(OC)c1NC(=O)Nc1cccc(-c2ccc3nnc(-c4cccnc4)n3n2)c1. The van der Waals surface area contributed by atoms with E-state index >= 15 is 0 Å². The first kappa shape index (κ1) is 21.8. The number of hydrogen-bond donors (Lipinski definition) is 2. The number of pyridine rings is 1. The van der Waals surface area contributed by atoms with Crippen LogP contribution < -0.4 is 20.1 Å². The number of fused-ring (bicyclic) bond motifs is 1.